The maximum absolute atomic E-state index is 13.6. The van der Waals surface area contributed by atoms with E-state index in [-0.39, 0.29) is 5.75 Å². The van der Waals surface area contributed by atoms with Crippen LogP contribution >= 0.6 is 11.6 Å². The van der Waals surface area contributed by atoms with Crippen LogP contribution in [0.5, 0.6) is 5.75 Å². The van der Waals surface area contributed by atoms with Crippen LogP contribution in [0.15, 0.2) is 30.3 Å². The van der Waals surface area contributed by atoms with E-state index < -0.39 is 5.82 Å². The second kappa shape index (κ2) is 6.01. The van der Waals surface area contributed by atoms with Crippen molar-refractivity contribution in [2.24, 2.45) is 0 Å². The highest BCUT2D eigenvalue weighted by molar-refractivity contribution is 6.33. The summed E-state index contributed by atoms with van der Waals surface area (Å²) >= 11 is 6.16. The van der Waals surface area contributed by atoms with Crippen LogP contribution in [0.3, 0.4) is 0 Å². The average molecular weight is 295 g/mol. The lowest BCUT2D eigenvalue weighted by molar-refractivity contribution is 0.322. The lowest BCUT2D eigenvalue weighted by Gasteiger charge is -2.14. The zero-order chi connectivity index (χ0) is 14.7. The highest BCUT2D eigenvalue weighted by atomic mass is 35.5. The fourth-order valence-corrected chi connectivity index (χ4v) is 2.09. The molecule has 0 unspecified atom stereocenters. The lowest BCUT2D eigenvalue weighted by Crippen LogP contribution is -2.01. The van der Waals surface area contributed by atoms with Crippen molar-refractivity contribution in [3.05, 3.63) is 46.7 Å². The molecule has 2 rings (SSSR count). The van der Waals surface area contributed by atoms with Crippen molar-refractivity contribution in [2.75, 3.05) is 17.7 Å². The Balaban J connectivity index is 2.35. The Morgan fingerprint density at radius 3 is 2.65 bits per heavy atom. The van der Waals surface area contributed by atoms with Crippen LogP contribution in [0.25, 0.3) is 0 Å². The van der Waals surface area contributed by atoms with Gasteiger partial charge in [0.15, 0.2) is 11.6 Å². The topological polar surface area (TPSA) is 47.3 Å². The number of nitrogen functional groups attached to an aromatic ring is 1. The Bertz CT molecular complexity index is 632. The minimum absolute atomic E-state index is 0.160. The first-order valence-electron chi connectivity index (χ1n) is 6.26. The third-order valence-corrected chi connectivity index (χ3v) is 3.11. The van der Waals surface area contributed by atoms with E-state index in [4.69, 9.17) is 22.1 Å². The maximum atomic E-state index is 13.6. The van der Waals surface area contributed by atoms with E-state index in [1.54, 1.807) is 6.92 Å². The summed E-state index contributed by atoms with van der Waals surface area (Å²) < 4.78 is 18.8. The van der Waals surface area contributed by atoms with Gasteiger partial charge in [-0.3, -0.25) is 0 Å². The molecule has 0 radical (unpaired) electrons. The molecule has 3 N–H and O–H groups in total. The van der Waals surface area contributed by atoms with Crippen LogP contribution in [0.2, 0.25) is 5.02 Å². The number of rotatable bonds is 4. The summed E-state index contributed by atoms with van der Waals surface area (Å²) in [5.41, 5.74) is 8.43. The Morgan fingerprint density at radius 1 is 1.25 bits per heavy atom. The number of hydrogen-bond donors (Lipinski definition) is 2. The second-order valence-electron chi connectivity index (χ2n) is 4.41. The van der Waals surface area contributed by atoms with Crippen LogP contribution in [0.4, 0.5) is 21.5 Å². The van der Waals surface area contributed by atoms with E-state index in [0.29, 0.717) is 28.7 Å². The molecule has 2 aromatic carbocycles. The molecule has 0 heterocycles. The van der Waals surface area contributed by atoms with Gasteiger partial charge in [-0.25, -0.2) is 4.39 Å². The van der Waals surface area contributed by atoms with Gasteiger partial charge < -0.3 is 15.8 Å². The standard InChI is InChI=1S/C15H16ClFN2O/c1-3-20-15-8-14(12(18)7-11(15)17)19-13-5-4-9(2)6-10(13)16/h4-8,19H,3,18H2,1-2H3. The van der Waals surface area contributed by atoms with Crippen LogP contribution in [-0.4, -0.2) is 6.61 Å². The van der Waals surface area contributed by atoms with Gasteiger partial charge in [-0.2, -0.15) is 0 Å². The van der Waals surface area contributed by atoms with E-state index in [0.717, 1.165) is 5.56 Å². The average Bonchev–Trinajstić information content (AvgIpc) is 2.38. The number of benzene rings is 2. The fourth-order valence-electron chi connectivity index (χ4n) is 1.81. The molecule has 0 aliphatic rings. The quantitative estimate of drug-likeness (QED) is 0.816. The maximum Gasteiger partial charge on any atom is 0.167 e. The number of hydrogen-bond acceptors (Lipinski definition) is 3. The molecular formula is C15H16ClFN2O. The Labute approximate surface area is 122 Å². The smallest absolute Gasteiger partial charge is 0.167 e. The minimum atomic E-state index is -0.482. The van der Waals surface area contributed by atoms with Crippen molar-refractivity contribution in [1.29, 1.82) is 0 Å². The first-order valence-corrected chi connectivity index (χ1v) is 6.64. The summed E-state index contributed by atoms with van der Waals surface area (Å²) in [6.07, 6.45) is 0. The van der Waals surface area contributed by atoms with Gasteiger partial charge in [0.2, 0.25) is 0 Å². The predicted molar refractivity (Wildman–Crippen MR) is 81.5 cm³/mol. The molecule has 0 aromatic heterocycles. The molecule has 2 aromatic rings. The summed E-state index contributed by atoms with van der Waals surface area (Å²) in [5, 5.41) is 3.67. The van der Waals surface area contributed by atoms with Crippen LogP contribution in [0, 0.1) is 12.7 Å². The van der Waals surface area contributed by atoms with Crippen LogP contribution < -0.4 is 15.8 Å². The third-order valence-electron chi connectivity index (χ3n) is 2.80. The van der Waals surface area contributed by atoms with Crippen molar-refractivity contribution in [3.63, 3.8) is 0 Å². The zero-order valence-corrected chi connectivity index (χ0v) is 12.1. The summed E-state index contributed by atoms with van der Waals surface area (Å²) in [4.78, 5) is 0. The normalized spacial score (nSPS) is 10.4. The number of anilines is 3. The van der Waals surface area contributed by atoms with Crippen molar-refractivity contribution in [1.82, 2.24) is 0 Å². The second-order valence-corrected chi connectivity index (χ2v) is 4.82. The minimum Gasteiger partial charge on any atom is -0.491 e. The van der Waals surface area contributed by atoms with E-state index in [1.165, 1.54) is 12.1 Å². The Hall–Kier alpha value is -1.94. The molecule has 20 heavy (non-hydrogen) atoms. The summed E-state index contributed by atoms with van der Waals surface area (Å²) in [7, 11) is 0. The van der Waals surface area contributed by atoms with E-state index in [9.17, 15) is 4.39 Å². The SMILES string of the molecule is CCOc1cc(Nc2ccc(C)cc2Cl)c(N)cc1F. The van der Waals surface area contributed by atoms with Gasteiger partial charge in [0.05, 0.1) is 28.7 Å². The highest BCUT2D eigenvalue weighted by Crippen LogP contribution is 2.33. The molecule has 0 amide bonds. The van der Waals surface area contributed by atoms with Gasteiger partial charge in [0.25, 0.3) is 0 Å². The van der Waals surface area contributed by atoms with Crippen molar-refractivity contribution in [2.45, 2.75) is 13.8 Å². The number of nitrogens with two attached hydrogens (primary N) is 1. The fraction of sp³-hybridized carbons (Fsp3) is 0.200. The number of ether oxygens (including phenoxy) is 1. The molecule has 0 fully saturated rings. The zero-order valence-electron chi connectivity index (χ0n) is 11.3. The van der Waals surface area contributed by atoms with Gasteiger partial charge in [-0.1, -0.05) is 17.7 Å². The van der Waals surface area contributed by atoms with E-state index >= 15 is 0 Å². The van der Waals surface area contributed by atoms with Crippen molar-refractivity contribution in [3.8, 4) is 5.75 Å². The van der Waals surface area contributed by atoms with Crippen molar-refractivity contribution >= 4 is 28.7 Å². The molecule has 5 heteroatoms. The summed E-state index contributed by atoms with van der Waals surface area (Å²) in [6.45, 7) is 4.13. The summed E-state index contributed by atoms with van der Waals surface area (Å²) in [6, 6.07) is 8.38. The van der Waals surface area contributed by atoms with Gasteiger partial charge in [-0.15, -0.1) is 0 Å². The predicted octanol–water partition coefficient (Wildman–Crippen LogP) is 4.51. The molecule has 0 aliphatic carbocycles. The highest BCUT2D eigenvalue weighted by Gasteiger charge is 2.10. The molecule has 0 saturated carbocycles. The summed E-state index contributed by atoms with van der Waals surface area (Å²) in [5.74, 6) is -0.322. The van der Waals surface area contributed by atoms with Gasteiger partial charge in [0, 0.05) is 12.1 Å². The van der Waals surface area contributed by atoms with E-state index in [2.05, 4.69) is 5.32 Å². The largest absolute Gasteiger partial charge is 0.491 e. The Morgan fingerprint density at radius 2 is 2.00 bits per heavy atom. The number of halogens is 2. The van der Waals surface area contributed by atoms with E-state index in [1.807, 2.05) is 25.1 Å². The molecule has 0 bridgehead atoms. The van der Waals surface area contributed by atoms with Crippen LogP contribution in [-0.2, 0) is 0 Å². The molecule has 0 saturated heterocycles. The first-order chi connectivity index (χ1) is 9.51. The Kier molecular flexibility index (Phi) is 4.35. The van der Waals surface area contributed by atoms with Gasteiger partial charge in [0.1, 0.15) is 0 Å². The van der Waals surface area contributed by atoms with Crippen molar-refractivity contribution < 1.29 is 9.13 Å². The molecule has 0 aliphatic heterocycles. The number of aryl methyl sites for hydroxylation is 1. The third kappa shape index (κ3) is 3.14. The number of nitrogens with one attached hydrogen (secondary N) is 1. The molecule has 0 atom stereocenters. The van der Waals surface area contributed by atoms with Gasteiger partial charge in [-0.05, 0) is 31.5 Å². The molecule has 3 nitrogen and oxygen atoms in total. The van der Waals surface area contributed by atoms with Gasteiger partial charge >= 0.3 is 0 Å². The molecule has 0 spiro atoms. The molecule has 106 valence electrons. The van der Waals surface area contributed by atoms with Crippen LogP contribution in [0.1, 0.15) is 12.5 Å². The molecular weight excluding hydrogens is 279 g/mol. The monoisotopic (exact) mass is 294 g/mol. The lowest BCUT2D eigenvalue weighted by atomic mass is 10.2. The first kappa shape index (κ1) is 14.5.